The highest BCUT2D eigenvalue weighted by Crippen LogP contribution is 2.26. The quantitative estimate of drug-likeness (QED) is 0.792. The van der Waals surface area contributed by atoms with Gasteiger partial charge in [0.2, 0.25) is 5.82 Å². The molecule has 0 spiro atoms. The van der Waals surface area contributed by atoms with Gasteiger partial charge in [0.05, 0.1) is 0 Å². The van der Waals surface area contributed by atoms with E-state index in [2.05, 4.69) is 10.1 Å². The fourth-order valence-electron chi connectivity index (χ4n) is 2.21. The van der Waals surface area contributed by atoms with Crippen molar-refractivity contribution in [3.8, 4) is 23.0 Å². The highest BCUT2D eigenvalue weighted by atomic mass is 35.5. The summed E-state index contributed by atoms with van der Waals surface area (Å²) in [7, 11) is 0. The molecule has 0 aliphatic carbocycles. The number of nitrogens with zero attached hydrogens (tertiary/aromatic N) is 2. The Hall–Kier alpha value is -2.11. The van der Waals surface area contributed by atoms with Gasteiger partial charge in [-0.1, -0.05) is 36.3 Å². The van der Waals surface area contributed by atoms with Gasteiger partial charge in [0.1, 0.15) is 5.76 Å². The van der Waals surface area contributed by atoms with E-state index in [1.54, 1.807) is 0 Å². The predicted octanol–water partition coefficient (Wildman–Crippen LogP) is 3.75. The molecule has 1 aromatic carbocycles. The van der Waals surface area contributed by atoms with Crippen molar-refractivity contribution in [2.75, 3.05) is 0 Å². The lowest BCUT2D eigenvalue weighted by atomic mass is 10.1. The molecule has 0 unspecified atom stereocenters. The zero-order valence-electron chi connectivity index (χ0n) is 12.5. The standard InChI is InChI=1S/C16H17N3O2.ClH/c1-3-13-10(2)8-14(20-13)16-18-15(19-21-16)12-6-4-11(9-17)5-7-12;/h4-8H,3,9,17H2,1-2H3;1H. The van der Waals surface area contributed by atoms with Gasteiger partial charge >= 0.3 is 0 Å². The maximum absolute atomic E-state index is 5.72. The van der Waals surface area contributed by atoms with Gasteiger partial charge in [-0.3, -0.25) is 0 Å². The lowest BCUT2D eigenvalue weighted by Gasteiger charge is -1.97. The van der Waals surface area contributed by atoms with Crippen molar-refractivity contribution < 1.29 is 8.94 Å². The van der Waals surface area contributed by atoms with Gasteiger partial charge in [0, 0.05) is 18.5 Å². The molecule has 0 amide bonds. The summed E-state index contributed by atoms with van der Waals surface area (Å²) >= 11 is 0. The molecule has 3 rings (SSSR count). The average Bonchev–Trinajstić information content (AvgIpc) is 3.13. The monoisotopic (exact) mass is 319 g/mol. The SMILES string of the molecule is CCc1oc(-c2nc(-c3ccc(CN)cc3)no2)cc1C.Cl. The van der Waals surface area contributed by atoms with Gasteiger partial charge in [0.25, 0.3) is 5.89 Å². The van der Waals surface area contributed by atoms with E-state index in [-0.39, 0.29) is 12.4 Å². The van der Waals surface area contributed by atoms with E-state index in [0.717, 1.165) is 28.9 Å². The molecule has 116 valence electrons. The van der Waals surface area contributed by atoms with E-state index in [4.69, 9.17) is 14.7 Å². The van der Waals surface area contributed by atoms with E-state index in [1.165, 1.54) is 0 Å². The molecular formula is C16H18ClN3O2. The van der Waals surface area contributed by atoms with Crippen LogP contribution in [0, 0.1) is 6.92 Å². The Bertz CT molecular complexity index is 747. The van der Waals surface area contributed by atoms with Crippen LogP contribution in [0.25, 0.3) is 23.0 Å². The van der Waals surface area contributed by atoms with E-state index < -0.39 is 0 Å². The second-order valence-corrected chi connectivity index (χ2v) is 4.89. The van der Waals surface area contributed by atoms with E-state index in [9.17, 15) is 0 Å². The van der Waals surface area contributed by atoms with Crippen molar-refractivity contribution in [2.24, 2.45) is 5.73 Å². The normalized spacial score (nSPS) is 10.5. The summed E-state index contributed by atoms with van der Waals surface area (Å²) < 4.78 is 11.0. The summed E-state index contributed by atoms with van der Waals surface area (Å²) in [4.78, 5) is 4.39. The molecule has 6 heteroatoms. The molecule has 0 bridgehead atoms. The molecule has 0 aliphatic heterocycles. The van der Waals surface area contributed by atoms with E-state index >= 15 is 0 Å². The van der Waals surface area contributed by atoms with Crippen molar-refractivity contribution in [2.45, 2.75) is 26.8 Å². The second-order valence-electron chi connectivity index (χ2n) is 4.89. The Labute approximate surface area is 134 Å². The number of benzene rings is 1. The third-order valence-electron chi connectivity index (χ3n) is 3.43. The highest BCUT2D eigenvalue weighted by Gasteiger charge is 2.15. The van der Waals surface area contributed by atoms with Crippen LogP contribution >= 0.6 is 12.4 Å². The number of aryl methyl sites for hydroxylation is 2. The van der Waals surface area contributed by atoms with Crippen LogP contribution in [0.3, 0.4) is 0 Å². The molecule has 0 radical (unpaired) electrons. The van der Waals surface area contributed by atoms with Gasteiger partial charge in [-0.25, -0.2) is 0 Å². The number of rotatable bonds is 4. The van der Waals surface area contributed by atoms with Crippen LogP contribution in [0.2, 0.25) is 0 Å². The third kappa shape index (κ3) is 3.05. The van der Waals surface area contributed by atoms with Crippen molar-refractivity contribution >= 4 is 12.4 Å². The Kier molecular flexibility index (Phi) is 5.00. The van der Waals surface area contributed by atoms with Crippen LogP contribution in [0.4, 0.5) is 0 Å². The molecule has 2 N–H and O–H groups in total. The molecule has 3 aromatic rings. The second kappa shape index (κ2) is 6.77. The zero-order chi connectivity index (χ0) is 14.8. The number of hydrogen-bond donors (Lipinski definition) is 1. The summed E-state index contributed by atoms with van der Waals surface area (Å²) in [5.74, 6) is 2.50. The molecule has 22 heavy (non-hydrogen) atoms. The highest BCUT2D eigenvalue weighted by molar-refractivity contribution is 5.85. The molecule has 5 nitrogen and oxygen atoms in total. The summed E-state index contributed by atoms with van der Waals surface area (Å²) in [6, 6.07) is 9.70. The fourth-order valence-corrected chi connectivity index (χ4v) is 2.21. The Morgan fingerprint density at radius 1 is 1.18 bits per heavy atom. The topological polar surface area (TPSA) is 78.1 Å². The molecule has 0 saturated carbocycles. The molecule has 0 aliphatic rings. The van der Waals surface area contributed by atoms with Crippen molar-refractivity contribution in [1.29, 1.82) is 0 Å². The first-order valence-corrected chi connectivity index (χ1v) is 6.94. The first kappa shape index (κ1) is 16.3. The summed E-state index contributed by atoms with van der Waals surface area (Å²) in [5, 5.41) is 4.01. The lowest BCUT2D eigenvalue weighted by molar-refractivity contribution is 0.412. The lowest BCUT2D eigenvalue weighted by Crippen LogP contribution is -1.95. The smallest absolute Gasteiger partial charge is 0.293 e. The van der Waals surface area contributed by atoms with E-state index in [0.29, 0.717) is 24.0 Å². The van der Waals surface area contributed by atoms with Crippen LogP contribution in [-0.4, -0.2) is 10.1 Å². The molecule has 0 fully saturated rings. The molecule has 2 aromatic heterocycles. The first-order chi connectivity index (χ1) is 10.2. The van der Waals surface area contributed by atoms with Crippen molar-refractivity contribution in [3.63, 3.8) is 0 Å². The maximum Gasteiger partial charge on any atom is 0.293 e. The third-order valence-corrected chi connectivity index (χ3v) is 3.43. The largest absolute Gasteiger partial charge is 0.456 e. The van der Waals surface area contributed by atoms with Crippen LogP contribution in [0.15, 0.2) is 39.3 Å². The number of hydrogen-bond acceptors (Lipinski definition) is 5. The average molecular weight is 320 g/mol. The van der Waals surface area contributed by atoms with Gasteiger partial charge in [-0.05, 0) is 24.1 Å². The molecular weight excluding hydrogens is 302 g/mol. The Morgan fingerprint density at radius 3 is 2.50 bits per heavy atom. The first-order valence-electron chi connectivity index (χ1n) is 6.94. The maximum atomic E-state index is 5.72. The summed E-state index contributed by atoms with van der Waals surface area (Å²) in [6.07, 6.45) is 0.841. The van der Waals surface area contributed by atoms with Crippen LogP contribution < -0.4 is 5.73 Å². The van der Waals surface area contributed by atoms with Gasteiger partial charge in [-0.2, -0.15) is 4.98 Å². The number of nitrogens with two attached hydrogens (primary N) is 1. The fraction of sp³-hybridized carbons (Fsp3) is 0.250. The van der Waals surface area contributed by atoms with Crippen molar-refractivity contribution in [3.05, 3.63) is 47.2 Å². The molecule has 0 saturated heterocycles. The van der Waals surface area contributed by atoms with Crippen LogP contribution in [0.5, 0.6) is 0 Å². The number of furan rings is 1. The van der Waals surface area contributed by atoms with Gasteiger partial charge in [0.15, 0.2) is 5.76 Å². The minimum Gasteiger partial charge on any atom is -0.456 e. The number of halogens is 1. The van der Waals surface area contributed by atoms with Gasteiger partial charge < -0.3 is 14.7 Å². The van der Waals surface area contributed by atoms with Crippen LogP contribution in [0.1, 0.15) is 23.8 Å². The Balaban J connectivity index is 0.00000176. The van der Waals surface area contributed by atoms with Gasteiger partial charge in [-0.15, -0.1) is 12.4 Å². The van der Waals surface area contributed by atoms with E-state index in [1.807, 2.05) is 44.2 Å². The minimum atomic E-state index is 0. The van der Waals surface area contributed by atoms with Crippen LogP contribution in [-0.2, 0) is 13.0 Å². The molecule has 2 heterocycles. The predicted molar refractivity (Wildman–Crippen MR) is 86.7 cm³/mol. The minimum absolute atomic E-state index is 0. The summed E-state index contributed by atoms with van der Waals surface area (Å²) in [5.41, 5.74) is 8.64. The summed E-state index contributed by atoms with van der Waals surface area (Å²) in [6.45, 7) is 4.58. The Morgan fingerprint density at radius 2 is 1.91 bits per heavy atom. The zero-order valence-corrected chi connectivity index (χ0v) is 13.3. The molecule has 0 atom stereocenters. The van der Waals surface area contributed by atoms with Crippen molar-refractivity contribution in [1.82, 2.24) is 10.1 Å². The number of aromatic nitrogens is 2.